The Labute approximate surface area is 136 Å². The lowest BCUT2D eigenvalue weighted by molar-refractivity contribution is -0.138. The molecule has 5 nitrogen and oxygen atoms in total. The van der Waals surface area contributed by atoms with Crippen molar-refractivity contribution in [2.24, 2.45) is 0 Å². The third kappa shape index (κ3) is 3.64. The summed E-state index contributed by atoms with van der Waals surface area (Å²) >= 11 is 2.01. The minimum atomic E-state index is -4.72. The largest absolute Gasteiger partial charge is 0.455 e. The minimum Gasteiger partial charge on any atom is -0.455 e. The lowest BCUT2D eigenvalue weighted by atomic mass is 10.1. The topological polar surface area (TPSA) is 72.2 Å². The van der Waals surface area contributed by atoms with Crippen LogP contribution in [0.3, 0.4) is 0 Å². The molecule has 2 aromatic rings. The Bertz CT molecular complexity index is 713. The number of nitrogens with one attached hydrogen (secondary N) is 1. The predicted octanol–water partition coefficient (Wildman–Crippen LogP) is 3.20. The zero-order chi connectivity index (χ0) is 16.3. The second-order valence-corrected chi connectivity index (χ2v) is 4.86. The Balaban J connectivity index is 2.21. The summed E-state index contributed by atoms with van der Waals surface area (Å²) in [5.41, 5.74) is -1.90. The van der Waals surface area contributed by atoms with E-state index in [9.17, 15) is 22.8 Å². The van der Waals surface area contributed by atoms with Crippen LogP contribution >= 0.6 is 22.6 Å². The molecule has 2 amide bonds. The third-order valence-corrected chi connectivity index (χ3v) is 3.37. The molecule has 0 aromatic carbocycles. The molecular formula is C13H8F3IN2O3. The maximum atomic E-state index is 12.8. The van der Waals surface area contributed by atoms with Gasteiger partial charge >= 0.3 is 6.18 Å². The molecule has 2 aromatic heterocycles. The zero-order valence-electron chi connectivity index (χ0n) is 10.8. The average Bonchev–Trinajstić information content (AvgIpc) is 2.95. The first kappa shape index (κ1) is 16.5. The summed E-state index contributed by atoms with van der Waals surface area (Å²) in [5.74, 6) is -1.76. The van der Waals surface area contributed by atoms with Crippen molar-refractivity contribution in [3.05, 3.63) is 53.2 Å². The zero-order valence-corrected chi connectivity index (χ0v) is 12.9. The summed E-state index contributed by atoms with van der Waals surface area (Å²) in [4.78, 5) is 27.1. The Kier molecular flexibility index (Phi) is 4.84. The number of rotatable bonds is 3. The van der Waals surface area contributed by atoms with Gasteiger partial charge in [-0.3, -0.25) is 19.9 Å². The molecule has 0 saturated carbocycles. The second-order valence-electron chi connectivity index (χ2n) is 4.10. The van der Waals surface area contributed by atoms with Gasteiger partial charge in [-0.05, 0) is 18.2 Å². The molecular weight excluding hydrogens is 416 g/mol. The molecule has 0 aliphatic heterocycles. The number of alkyl halides is 4. The van der Waals surface area contributed by atoms with Crippen molar-refractivity contribution in [2.45, 2.75) is 10.6 Å². The van der Waals surface area contributed by atoms with E-state index in [4.69, 9.17) is 4.42 Å². The van der Waals surface area contributed by atoms with Crippen molar-refractivity contribution in [3.8, 4) is 0 Å². The van der Waals surface area contributed by atoms with Crippen LogP contribution in [0.25, 0.3) is 0 Å². The van der Waals surface area contributed by atoms with Gasteiger partial charge in [0.2, 0.25) is 0 Å². The molecule has 9 heteroatoms. The molecule has 0 bridgehead atoms. The van der Waals surface area contributed by atoms with E-state index >= 15 is 0 Å². The molecule has 0 atom stereocenters. The van der Waals surface area contributed by atoms with E-state index in [0.29, 0.717) is 16.3 Å². The number of aromatic nitrogens is 1. The first-order valence-electron chi connectivity index (χ1n) is 5.84. The molecule has 0 saturated heterocycles. The maximum Gasteiger partial charge on any atom is 0.417 e. The first-order chi connectivity index (χ1) is 10.3. The van der Waals surface area contributed by atoms with Gasteiger partial charge in [0.25, 0.3) is 11.8 Å². The van der Waals surface area contributed by atoms with E-state index in [1.165, 1.54) is 12.1 Å². The number of carbonyl (C=O) groups excluding carboxylic acids is 2. The number of furan rings is 1. The van der Waals surface area contributed by atoms with Gasteiger partial charge in [0.05, 0.1) is 15.6 Å². The van der Waals surface area contributed by atoms with E-state index in [1.54, 1.807) is 0 Å². The summed E-state index contributed by atoms with van der Waals surface area (Å²) in [6.45, 7) is 0. The summed E-state index contributed by atoms with van der Waals surface area (Å²) < 4.78 is 44.1. The van der Waals surface area contributed by atoms with Gasteiger partial charge in [0.15, 0.2) is 5.76 Å². The van der Waals surface area contributed by atoms with Gasteiger partial charge in [-0.25, -0.2) is 0 Å². The molecule has 0 spiro atoms. The predicted molar refractivity (Wildman–Crippen MR) is 77.5 cm³/mol. The average molecular weight is 424 g/mol. The summed E-state index contributed by atoms with van der Waals surface area (Å²) in [6, 6.07) is 3.54. The van der Waals surface area contributed by atoms with Crippen LogP contribution in [0.2, 0.25) is 0 Å². The van der Waals surface area contributed by atoms with E-state index in [2.05, 4.69) is 4.98 Å². The van der Waals surface area contributed by atoms with Crippen molar-refractivity contribution in [3.63, 3.8) is 0 Å². The van der Waals surface area contributed by atoms with Crippen molar-refractivity contribution in [1.29, 1.82) is 0 Å². The summed E-state index contributed by atoms with van der Waals surface area (Å²) in [7, 11) is 0. The second kappa shape index (κ2) is 6.46. The highest BCUT2D eigenvalue weighted by molar-refractivity contribution is 14.1. The quantitative estimate of drug-likeness (QED) is 0.467. The van der Waals surface area contributed by atoms with Crippen LogP contribution in [0, 0.1) is 0 Å². The highest BCUT2D eigenvalue weighted by atomic mass is 127. The van der Waals surface area contributed by atoms with Gasteiger partial charge in [-0.1, -0.05) is 22.6 Å². The van der Waals surface area contributed by atoms with Crippen LogP contribution in [-0.2, 0) is 10.6 Å². The molecule has 1 N–H and O–H groups in total. The standard InChI is InChI=1S/C13H8F3IN2O3/c14-13(15,16)9-3-4-18-6-8(9)11(20)19-12(21)10-2-1-7(5-17)22-10/h1-4,6H,5H2,(H,19,20,21). The monoisotopic (exact) mass is 424 g/mol. The van der Waals surface area contributed by atoms with Crippen LogP contribution in [-0.4, -0.2) is 16.8 Å². The fourth-order valence-electron chi connectivity index (χ4n) is 1.63. The molecule has 22 heavy (non-hydrogen) atoms. The van der Waals surface area contributed by atoms with Crippen LogP contribution in [0.1, 0.15) is 32.2 Å². The highest BCUT2D eigenvalue weighted by Gasteiger charge is 2.35. The number of hydrogen-bond acceptors (Lipinski definition) is 4. The van der Waals surface area contributed by atoms with Crippen molar-refractivity contribution >= 4 is 34.4 Å². The van der Waals surface area contributed by atoms with Crippen molar-refractivity contribution < 1.29 is 27.2 Å². The molecule has 0 unspecified atom stereocenters. The normalized spacial score (nSPS) is 11.3. The molecule has 0 radical (unpaired) electrons. The van der Waals surface area contributed by atoms with E-state index < -0.39 is 29.1 Å². The fourth-order valence-corrected chi connectivity index (χ4v) is 2.04. The Morgan fingerprint density at radius 3 is 2.55 bits per heavy atom. The van der Waals surface area contributed by atoms with Crippen molar-refractivity contribution in [1.82, 2.24) is 10.3 Å². The minimum absolute atomic E-state index is 0.155. The lowest BCUT2D eigenvalue weighted by Crippen LogP contribution is -2.32. The molecule has 0 aliphatic carbocycles. The number of imide groups is 1. The number of hydrogen-bond donors (Lipinski definition) is 1. The van der Waals surface area contributed by atoms with Crippen LogP contribution < -0.4 is 5.32 Å². The maximum absolute atomic E-state index is 12.8. The molecule has 2 heterocycles. The number of carbonyl (C=O) groups is 2. The number of halogens is 4. The van der Waals surface area contributed by atoms with Gasteiger partial charge in [-0.15, -0.1) is 0 Å². The Morgan fingerprint density at radius 2 is 1.95 bits per heavy atom. The summed E-state index contributed by atoms with van der Waals surface area (Å²) in [5, 5.41) is 1.85. The van der Waals surface area contributed by atoms with Gasteiger partial charge < -0.3 is 4.42 Å². The smallest absolute Gasteiger partial charge is 0.417 e. The number of amides is 2. The third-order valence-electron chi connectivity index (χ3n) is 2.62. The van der Waals surface area contributed by atoms with Crippen molar-refractivity contribution in [2.75, 3.05) is 0 Å². The highest BCUT2D eigenvalue weighted by Crippen LogP contribution is 2.31. The van der Waals surface area contributed by atoms with Crippen LogP contribution in [0.5, 0.6) is 0 Å². The Hall–Kier alpha value is -1.91. The summed E-state index contributed by atoms with van der Waals surface area (Å²) in [6.07, 6.45) is -3.05. The van der Waals surface area contributed by atoms with Gasteiger partial charge in [0, 0.05) is 12.4 Å². The van der Waals surface area contributed by atoms with Gasteiger partial charge in [0.1, 0.15) is 5.76 Å². The molecule has 0 fully saturated rings. The fraction of sp³-hybridized carbons (Fsp3) is 0.154. The Morgan fingerprint density at radius 1 is 1.23 bits per heavy atom. The van der Waals surface area contributed by atoms with E-state index in [1.807, 2.05) is 27.9 Å². The molecule has 116 valence electrons. The lowest BCUT2D eigenvalue weighted by Gasteiger charge is -2.11. The molecule has 2 rings (SSSR count). The first-order valence-corrected chi connectivity index (χ1v) is 7.37. The van der Waals surface area contributed by atoms with E-state index in [-0.39, 0.29) is 5.76 Å². The number of nitrogens with zero attached hydrogens (tertiary/aromatic N) is 1. The molecule has 0 aliphatic rings. The van der Waals surface area contributed by atoms with Crippen LogP contribution in [0.4, 0.5) is 13.2 Å². The van der Waals surface area contributed by atoms with Gasteiger partial charge in [-0.2, -0.15) is 13.2 Å². The van der Waals surface area contributed by atoms with E-state index in [0.717, 1.165) is 12.4 Å². The SMILES string of the molecule is O=C(NC(=O)c1cnccc1C(F)(F)F)c1ccc(CI)o1. The van der Waals surface area contributed by atoms with Crippen LogP contribution in [0.15, 0.2) is 35.0 Å². The number of pyridine rings is 1.